The molecule has 1 aromatic carbocycles. The Balaban J connectivity index is 1.44. The number of fused-ring (bicyclic) bond motifs is 1. The molecule has 1 aliphatic heterocycles. The van der Waals surface area contributed by atoms with Crippen molar-refractivity contribution in [2.45, 2.75) is 38.3 Å². The van der Waals surface area contributed by atoms with Gasteiger partial charge in [0.25, 0.3) is 5.91 Å². The molecule has 1 aliphatic rings. The van der Waals surface area contributed by atoms with Crippen LogP contribution < -0.4 is 27.8 Å². The van der Waals surface area contributed by atoms with Gasteiger partial charge in [-0.3, -0.25) is 14.4 Å². The van der Waals surface area contributed by atoms with Gasteiger partial charge in [-0.15, -0.1) is 0 Å². The molecule has 0 spiro atoms. The SMILES string of the molecule is C=C/C=C(\C=C)C(=O)N(CCc1cc2cn(-c3ccc(CNCCCN=C(N)N)cc3)c(=O)nc2[nH]1)C1CCNCC1. The Morgan fingerprint density at radius 3 is 2.67 bits per heavy atom. The van der Waals surface area contributed by atoms with Gasteiger partial charge in [0, 0.05) is 54.9 Å². The zero-order chi connectivity index (χ0) is 29.9. The summed E-state index contributed by atoms with van der Waals surface area (Å²) in [5.74, 6) is 0.0605. The second-order valence-corrected chi connectivity index (χ2v) is 10.3. The van der Waals surface area contributed by atoms with Gasteiger partial charge >= 0.3 is 5.69 Å². The quantitative estimate of drug-likeness (QED) is 0.0649. The average molecular weight is 572 g/mol. The summed E-state index contributed by atoms with van der Waals surface area (Å²) in [6, 6.07) is 9.94. The molecule has 3 aromatic rings. The molecule has 222 valence electrons. The van der Waals surface area contributed by atoms with Gasteiger partial charge in [-0.25, -0.2) is 4.79 Å². The van der Waals surface area contributed by atoms with E-state index in [0.29, 0.717) is 37.3 Å². The Morgan fingerprint density at radius 1 is 1.21 bits per heavy atom. The maximum absolute atomic E-state index is 13.4. The number of carbonyl (C=O) groups excluding carboxylic acids is 1. The second kappa shape index (κ2) is 14.9. The molecule has 0 atom stereocenters. The largest absolute Gasteiger partial charge is 0.370 e. The zero-order valence-electron chi connectivity index (χ0n) is 24.0. The molecule has 1 amide bonds. The number of guanidine groups is 1. The topological polar surface area (TPSA) is 159 Å². The number of amides is 1. The van der Waals surface area contributed by atoms with Crippen molar-refractivity contribution in [2.24, 2.45) is 16.5 Å². The van der Waals surface area contributed by atoms with Crippen LogP contribution in [0.2, 0.25) is 0 Å². The van der Waals surface area contributed by atoms with Crippen LogP contribution in [0.15, 0.2) is 83.3 Å². The lowest BCUT2D eigenvalue weighted by atomic mass is 10.0. The maximum Gasteiger partial charge on any atom is 0.354 e. The molecule has 3 heterocycles. The van der Waals surface area contributed by atoms with Crippen molar-refractivity contribution in [1.82, 2.24) is 30.1 Å². The van der Waals surface area contributed by atoms with Crippen molar-refractivity contribution in [3.63, 3.8) is 0 Å². The van der Waals surface area contributed by atoms with E-state index in [1.807, 2.05) is 35.2 Å². The molecule has 4 rings (SSSR count). The maximum atomic E-state index is 13.4. The number of nitrogens with zero attached hydrogens (tertiary/aromatic N) is 4. The second-order valence-electron chi connectivity index (χ2n) is 10.3. The minimum absolute atomic E-state index is 0.0460. The van der Waals surface area contributed by atoms with E-state index in [2.05, 4.69) is 38.8 Å². The van der Waals surface area contributed by atoms with Gasteiger partial charge in [-0.2, -0.15) is 4.98 Å². The predicted molar refractivity (Wildman–Crippen MR) is 168 cm³/mol. The van der Waals surface area contributed by atoms with Crippen LogP contribution in [-0.2, 0) is 17.8 Å². The van der Waals surface area contributed by atoms with E-state index in [1.54, 1.807) is 29.0 Å². The molecule has 1 fully saturated rings. The first-order valence-electron chi connectivity index (χ1n) is 14.3. The van der Waals surface area contributed by atoms with Crippen molar-refractivity contribution in [2.75, 3.05) is 32.7 Å². The molecule has 1 saturated heterocycles. The number of aromatic nitrogens is 3. The highest BCUT2D eigenvalue weighted by Gasteiger charge is 2.26. The van der Waals surface area contributed by atoms with E-state index in [9.17, 15) is 9.59 Å². The Bertz CT molecular complexity index is 1490. The summed E-state index contributed by atoms with van der Waals surface area (Å²) in [6.07, 6.45) is 9.93. The first-order chi connectivity index (χ1) is 20.4. The van der Waals surface area contributed by atoms with Crippen molar-refractivity contribution in [3.05, 3.63) is 95.2 Å². The number of allylic oxidation sites excluding steroid dienone is 2. The summed E-state index contributed by atoms with van der Waals surface area (Å²) in [6.45, 7) is 11.9. The van der Waals surface area contributed by atoms with E-state index in [4.69, 9.17) is 11.5 Å². The molecule has 0 bridgehead atoms. The third-order valence-corrected chi connectivity index (χ3v) is 7.31. The Hall–Kier alpha value is -4.48. The van der Waals surface area contributed by atoms with E-state index >= 15 is 0 Å². The van der Waals surface area contributed by atoms with Crippen LogP contribution in [-0.4, -0.2) is 70.1 Å². The molecule has 11 heteroatoms. The van der Waals surface area contributed by atoms with Crippen molar-refractivity contribution in [1.29, 1.82) is 0 Å². The van der Waals surface area contributed by atoms with Gasteiger partial charge in [0.05, 0.1) is 5.69 Å². The number of benzene rings is 1. The Kier molecular flexibility index (Phi) is 10.8. The number of H-pyrrole nitrogens is 1. The number of nitrogens with two attached hydrogens (primary N) is 2. The highest BCUT2D eigenvalue weighted by atomic mass is 16.2. The molecule has 42 heavy (non-hydrogen) atoms. The van der Waals surface area contributed by atoms with E-state index in [0.717, 1.165) is 61.2 Å². The Morgan fingerprint density at radius 2 is 1.98 bits per heavy atom. The number of nitrogens with one attached hydrogen (secondary N) is 3. The van der Waals surface area contributed by atoms with Crippen LogP contribution in [0.25, 0.3) is 16.7 Å². The first-order valence-corrected chi connectivity index (χ1v) is 14.3. The smallest absolute Gasteiger partial charge is 0.354 e. The summed E-state index contributed by atoms with van der Waals surface area (Å²) >= 11 is 0. The molecule has 0 aliphatic carbocycles. The summed E-state index contributed by atoms with van der Waals surface area (Å²) in [5.41, 5.74) is 14.1. The van der Waals surface area contributed by atoms with Gasteiger partial charge in [-0.1, -0.05) is 43.5 Å². The number of rotatable bonds is 14. The third-order valence-electron chi connectivity index (χ3n) is 7.31. The minimum atomic E-state index is -0.363. The van der Waals surface area contributed by atoms with Crippen molar-refractivity contribution < 1.29 is 4.79 Å². The van der Waals surface area contributed by atoms with Gasteiger partial charge in [0.15, 0.2) is 5.96 Å². The van der Waals surface area contributed by atoms with Gasteiger partial charge < -0.3 is 32.0 Å². The summed E-state index contributed by atoms with van der Waals surface area (Å²) in [4.78, 5) is 39.8. The molecular weight excluding hydrogens is 530 g/mol. The lowest BCUT2D eigenvalue weighted by molar-refractivity contribution is -0.129. The minimum Gasteiger partial charge on any atom is -0.370 e. The van der Waals surface area contributed by atoms with Crippen molar-refractivity contribution in [3.8, 4) is 5.69 Å². The molecule has 7 N–H and O–H groups in total. The highest BCUT2D eigenvalue weighted by Crippen LogP contribution is 2.19. The lowest BCUT2D eigenvalue weighted by Crippen LogP contribution is -2.47. The van der Waals surface area contributed by atoms with Crippen LogP contribution in [0.3, 0.4) is 0 Å². The Labute approximate surface area is 246 Å². The number of carbonyl (C=O) groups is 1. The molecule has 0 unspecified atom stereocenters. The first kappa shape index (κ1) is 30.5. The fourth-order valence-electron chi connectivity index (χ4n) is 5.12. The van der Waals surface area contributed by atoms with Crippen LogP contribution in [0.4, 0.5) is 0 Å². The number of hydrogen-bond donors (Lipinski definition) is 5. The van der Waals surface area contributed by atoms with Crippen LogP contribution in [0.5, 0.6) is 0 Å². The number of aromatic amines is 1. The monoisotopic (exact) mass is 571 g/mol. The van der Waals surface area contributed by atoms with E-state index in [1.165, 1.54) is 0 Å². The van der Waals surface area contributed by atoms with Crippen LogP contribution in [0, 0.1) is 0 Å². The van der Waals surface area contributed by atoms with Gasteiger partial charge in [0.1, 0.15) is 5.65 Å². The van der Waals surface area contributed by atoms with Gasteiger partial charge in [0.2, 0.25) is 0 Å². The number of aliphatic imine (C=N–C) groups is 1. The molecule has 0 saturated carbocycles. The number of piperidine rings is 1. The van der Waals surface area contributed by atoms with Gasteiger partial charge in [-0.05, 0) is 62.7 Å². The predicted octanol–water partition coefficient (Wildman–Crippen LogP) is 1.89. The highest BCUT2D eigenvalue weighted by molar-refractivity contribution is 5.96. The fraction of sp³-hybridized carbons (Fsp3) is 0.355. The summed E-state index contributed by atoms with van der Waals surface area (Å²) < 4.78 is 1.55. The lowest BCUT2D eigenvalue weighted by Gasteiger charge is -2.35. The van der Waals surface area contributed by atoms with E-state index in [-0.39, 0.29) is 23.6 Å². The van der Waals surface area contributed by atoms with Crippen molar-refractivity contribution >= 4 is 22.9 Å². The summed E-state index contributed by atoms with van der Waals surface area (Å²) in [5, 5.41) is 7.55. The molecular formula is C31H41N9O2. The van der Waals surface area contributed by atoms with E-state index < -0.39 is 0 Å². The zero-order valence-corrected chi connectivity index (χ0v) is 24.0. The molecule has 11 nitrogen and oxygen atoms in total. The van der Waals surface area contributed by atoms with Crippen LogP contribution >= 0.6 is 0 Å². The molecule has 2 aromatic heterocycles. The molecule has 0 radical (unpaired) electrons. The van der Waals surface area contributed by atoms with Crippen LogP contribution in [0.1, 0.15) is 30.5 Å². The summed E-state index contributed by atoms with van der Waals surface area (Å²) in [7, 11) is 0. The third kappa shape index (κ3) is 8.05. The number of hydrogen-bond acceptors (Lipinski definition) is 6. The normalized spacial score (nSPS) is 14.0. The fourth-order valence-corrected chi connectivity index (χ4v) is 5.12. The average Bonchev–Trinajstić information content (AvgIpc) is 3.39. The standard InChI is InChI=1S/C31H41N9O2/c1-3-6-23(4-2)29(41)39(27-11-16-34-17-12-27)18-13-25-19-24-21-40(31(42)38-28(24)37-25)26-9-7-22(8-10-26)20-35-14-5-15-36-30(32)33/h3-4,6-10,19,21,27,34-35H,1-2,5,11-18,20H2,(H4,32,33,36)(H,37,38,42)/b23-6+.